The summed E-state index contributed by atoms with van der Waals surface area (Å²) in [6.45, 7) is 23.9. The zero-order valence-corrected chi connectivity index (χ0v) is 26.3. The number of nitrogens with one attached hydrogen (secondary N) is 2. The smallest absolute Gasteiger partial charge is 0.211 e. The summed E-state index contributed by atoms with van der Waals surface area (Å²) < 4.78 is 5.44. The Labute approximate surface area is 240 Å². The SMILES string of the molecule is C=C/C=C\c1c(-c2csc(/C(C)=C/C(=C\NC=O)C(C)=O)n2)c[nH]c1C.CCC.CCCOCC(C)(C)CC. The first-order chi connectivity index (χ1) is 18.5. The molecular weight excluding hydrogens is 506 g/mol. The van der Waals surface area contributed by atoms with Gasteiger partial charge in [0.15, 0.2) is 5.78 Å². The van der Waals surface area contributed by atoms with Gasteiger partial charge in [-0.3, -0.25) is 9.59 Å². The van der Waals surface area contributed by atoms with Gasteiger partial charge in [-0.1, -0.05) is 72.8 Å². The van der Waals surface area contributed by atoms with Crippen LogP contribution < -0.4 is 5.32 Å². The van der Waals surface area contributed by atoms with Gasteiger partial charge in [-0.05, 0) is 50.7 Å². The minimum absolute atomic E-state index is 0.131. The molecule has 0 saturated carbocycles. The van der Waals surface area contributed by atoms with Gasteiger partial charge >= 0.3 is 0 Å². The molecule has 2 aromatic rings. The maximum Gasteiger partial charge on any atom is 0.211 e. The number of thiazole rings is 1. The summed E-state index contributed by atoms with van der Waals surface area (Å²) in [6.07, 6.45) is 14.8. The quantitative estimate of drug-likeness (QED) is 0.112. The first-order valence-electron chi connectivity index (χ1n) is 13.6. The first-order valence-corrected chi connectivity index (χ1v) is 14.5. The van der Waals surface area contributed by atoms with E-state index in [2.05, 4.69) is 58.4 Å². The van der Waals surface area contributed by atoms with E-state index >= 15 is 0 Å². The molecule has 0 aliphatic heterocycles. The van der Waals surface area contributed by atoms with E-state index in [-0.39, 0.29) is 5.78 Å². The van der Waals surface area contributed by atoms with E-state index < -0.39 is 0 Å². The van der Waals surface area contributed by atoms with E-state index in [9.17, 15) is 9.59 Å². The number of aryl methyl sites for hydroxylation is 1. The molecule has 39 heavy (non-hydrogen) atoms. The Morgan fingerprint density at radius 2 is 1.90 bits per heavy atom. The molecule has 7 heteroatoms. The Morgan fingerprint density at radius 1 is 1.23 bits per heavy atom. The van der Waals surface area contributed by atoms with Crippen LogP contribution in [0, 0.1) is 12.3 Å². The maximum atomic E-state index is 11.7. The van der Waals surface area contributed by atoms with Crippen molar-refractivity contribution in [1.82, 2.24) is 15.3 Å². The number of ketones is 1. The summed E-state index contributed by atoms with van der Waals surface area (Å²) in [7, 11) is 0. The summed E-state index contributed by atoms with van der Waals surface area (Å²) >= 11 is 1.51. The Bertz CT molecular complexity index is 1100. The normalized spacial score (nSPS) is 11.8. The number of Topliss-reactive ketones (excluding diaryl/α,β-unsaturated/α-hetero) is 1. The van der Waals surface area contributed by atoms with Crippen LogP contribution in [0.25, 0.3) is 22.9 Å². The van der Waals surface area contributed by atoms with Gasteiger partial charge in [-0.15, -0.1) is 11.3 Å². The predicted molar refractivity (Wildman–Crippen MR) is 169 cm³/mol. The fourth-order valence-electron chi connectivity index (χ4n) is 2.97. The lowest BCUT2D eigenvalue weighted by Crippen LogP contribution is -2.18. The molecule has 0 atom stereocenters. The van der Waals surface area contributed by atoms with Crippen molar-refractivity contribution in [1.29, 1.82) is 0 Å². The summed E-state index contributed by atoms with van der Waals surface area (Å²) in [5.74, 6) is -0.131. The van der Waals surface area contributed by atoms with Gasteiger partial charge in [0.1, 0.15) is 5.01 Å². The molecule has 0 aliphatic rings. The van der Waals surface area contributed by atoms with Crippen LogP contribution in [0.5, 0.6) is 0 Å². The molecule has 2 N–H and O–H groups in total. The molecule has 0 saturated heterocycles. The van der Waals surface area contributed by atoms with Crippen LogP contribution in [0.15, 0.2) is 48.2 Å². The topological polar surface area (TPSA) is 84.1 Å². The fraction of sp³-hybridized carbons (Fsp3) is 0.469. The minimum atomic E-state index is -0.131. The van der Waals surface area contributed by atoms with Crippen molar-refractivity contribution >= 4 is 35.2 Å². The molecule has 0 radical (unpaired) electrons. The van der Waals surface area contributed by atoms with Gasteiger partial charge in [-0.2, -0.15) is 0 Å². The first kappa shape index (κ1) is 36.0. The monoisotopic (exact) mass is 555 g/mol. The average Bonchev–Trinajstić information content (AvgIpc) is 3.53. The summed E-state index contributed by atoms with van der Waals surface area (Å²) in [5.41, 5.74) is 5.65. The van der Waals surface area contributed by atoms with Gasteiger partial charge < -0.3 is 15.0 Å². The van der Waals surface area contributed by atoms with Crippen LogP contribution in [0.2, 0.25) is 0 Å². The van der Waals surface area contributed by atoms with Crippen LogP contribution in [0.1, 0.15) is 90.9 Å². The minimum Gasteiger partial charge on any atom is -0.381 e. The van der Waals surface area contributed by atoms with E-state index in [0.29, 0.717) is 17.4 Å². The molecule has 2 heterocycles. The summed E-state index contributed by atoms with van der Waals surface area (Å²) in [4.78, 5) is 30.0. The number of aromatic amines is 1. The van der Waals surface area contributed by atoms with E-state index in [1.165, 1.54) is 37.3 Å². The van der Waals surface area contributed by atoms with E-state index in [1.807, 2.05) is 37.6 Å². The molecule has 2 rings (SSSR count). The van der Waals surface area contributed by atoms with Crippen molar-refractivity contribution in [3.05, 3.63) is 64.4 Å². The maximum absolute atomic E-state index is 11.7. The van der Waals surface area contributed by atoms with Gasteiger partial charge in [0.2, 0.25) is 6.41 Å². The van der Waals surface area contributed by atoms with Gasteiger partial charge in [0, 0.05) is 46.8 Å². The number of H-pyrrole nitrogens is 1. The number of carbonyl (C=O) groups excluding carboxylic acids is 2. The lowest BCUT2D eigenvalue weighted by Gasteiger charge is -2.21. The van der Waals surface area contributed by atoms with Crippen LogP contribution in [0.4, 0.5) is 0 Å². The second-order valence-corrected chi connectivity index (χ2v) is 10.8. The number of rotatable bonds is 13. The van der Waals surface area contributed by atoms with Crippen LogP contribution in [-0.4, -0.2) is 35.4 Å². The lowest BCUT2D eigenvalue weighted by atomic mass is 9.92. The summed E-state index contributed by atoms with van der Waals surface area (Å²) in [5, 5.41) is 5.21. The number of carbonyl (C=O) groups is 2. The third-order valence-electron chi connectivity index (χ3n) is 5.53. The molecule has 0 spiro atoms. The lowest BCUT2D eigenvalue weighted by molar-refractivity contribution is -0.113. The van der Waals surface area contributed by atoms with Gasteiger partial charge in [0.05, 0.1) is 12.3 Å². The Kier molecular flexibility index (Phi) is 18.4. The highest BCUT2D eigenvalue weighted by molar-refractivity contribution is 7.11. The molecule has 6 nitrogen and oxygen atoms in total. The highest BCUT2D eigenvalue weighted by Gasteiger charge is 2.14. The van der Waals surface area contributed by atoms with Crippen molar-refractivity contribution in [3.63, 3.8) is 0 Å². The molecular formula is C32H49N3O3S. The molecule has 2 aromatic heterocycles. The Hall–Kier alpha value is -3.03. The predicted octanol–water partition coefficient (Wildman–Crippen LogP) is 8.53. The fourth-order valence-corrected chi connectivity index (χ4v) is 3.76. The van der Waals surface area contributed by atoms with E-state index in [1.54, 1.807) is 12.2 Å². The van der Waals surface area contributed by atoms with Crippen molar-refractivity contribution in [3.8, 4) is 11.3 Å². The molecule has 216 valence electrons. The van der Waals surface area contributed by atoms with Gasteiger partial charge in [-0.25, -0.2) is 4.98 Å². The molecule has 0 unspecified atom stereocenters. The van der Waals surface area contributed by atoms with Crippen LogP contribution in [0.3, 0.4) is 0 Å². The highest BCUT2D eigenvalue weighted by Crippen LogP contribution is 2.31. The standard InChI is InChI=1S/C20H21N3O2S.C9H20O.C3H8/c1-5-6-7-17-14(3)22-10-18(17)19-11-26-20(23-19)13(2)8-16(15(4)25)9-21-12-24;1-5-7-10-8-9(3,4)6-2;1-3-2/h5-12,22H,1H2,2-4H3,(H,21,24);5-8H2,1-4H3;3H2,1-2H3/b7-6-,13-8+,16-9+;;. The average molecular weight is 556 g/mol. The number of nitrogens with zero attached hydrogens (tertiary/aromatic N) is 1. The van der Waals surface area contributed by atoms with Crippen molar-refractivity contribution in [2.24, 2.45) is 5.41 Å². The Morgan fingerprint density at radius 3 is 2.44 bits per heavy atom. The second-order valence-electron chi connectivity index (χ2n) is 9.92. The van der Waals surface area contributed by atoms with Crippen LogP contribution in [-0.2, 0) is 14.3 Å². The highest BCUT2D eigenvalue weighted by atomic mass is 32.1. The zero-order valence-electron chi connectivity index (χ0n) is 25.4. The number of amides is 1. The molecule has 1 amide bonds. The molecule has 0 aliphatic carbocycles. The summed E-state index contributed by atoms with van der Waals surface area (Å²) in [6, 6.07) is 0. The number of hydrogen-bond acceptors (Lipinski definition) is 5. The molecule has 0 bridgehead atoms. The number of hydrogen-bond donors (Lipinski definition) is 2. The van der Waals surface area contributed by atoms with Crippen molar-refractivity contribution in [2.45, 2.75) is 81.6 Å². The van der Waals surface area contributed by atoms with Crippen molar-refractivity contribution < 1.29 is 14.3 Å². The van der Waals surface area contributed by atoms with E-state index in [0.717, 1.165) is 52.7 Å². The molecule has 0 aromatic carbocycles. The largest absolute Gasteiger partial charge is 0.381 e. The zero-order chi connectivity index (χ0) is 29.8. The molecule has 0 fully saturated rings. The third-order valence-corrected chi connectivity index (χ3v) is 6.51. The number of aromatic nitrogens is 2. The van der Waals surface area contributed by atoms with Gasteiger partial charge in [0.25, 0.3) is 0 Å². The van der Waals surface area contributed by atoms with E-state index in [4.69, 9.17) is 9.72 Å². The number of ether oxygens (including phenoxy) is 1. The van der Waals surface area contributed by atoms with Crippen molar-refractivity contribution in [2.75, 3.05) is 13.2 Å². The number of allylic oxidation sites excluding steroid dienone is 5. The second kappa shape index (κ2) is 20.0. The Balaban J connectivity index is 0.000000928. The third kappa shape index (κ3) is 14.1. The van der Waals surface area contributed by atoms with Crippen LogP contribution >= 0.6 is 11.3 Å².